The number of allylic oxidation sites excluding steroid dienone is 2. The van der Waals surface area contributed by atoms with Crippen molar-refractivity contribution >= 4 is 11.9 Å². The summed E-state index contributed by atoms with van der Waals surface area (Å²) >= 11 is 0. The Bertz CT molecular complexity index is 378. The van der Waals surface area contributed by atoms with Gasteiger partial charge in [0.15, 0.2) is 0 Å². The molecular formula is C12H14O4. The molecule has 4 nitrogen and oxygen atoms in total. The molecule has 0 amide bonds. The first-order valence-corrected chi connectivity index (χ1v) is 5.37. The molecule has 0 N–H and O–H groups in total. The van der Waals surface area contributed by atoms with E-state index < -0.39 is 0 Å². The van der Waals surface area contributed by atoms with E-state index in [0.29, 0.717) is 31.6 Å². The number of rotatable bonds is 2. The summed E-state index contributed by atoms with van der Waals surface area (Å²) in [7, 11) is 0. The van der Waals surface area contributed by atoms with Gasteiger partial charge in [0.2, 0.25) is 0 Å². The summed E-state index contributed by atoms with van der Waals surface area (Å²) in [5.41, 5.74) is 1.55. The molecule has 86 valence electrons. The number of cyclic esters (lactones) is 2. The maximum atomic E-state index is 11.6. The van der Waals surface area contributed by atoms with E-state index in [1.807, 2.05) is 13.0 Å². The Morgan fingerprint density at radius 3 is 2.81 bits per heavy atom. The van der Waals surface area contributed by atoms with Gasteiger partial charge in [0, 0.05) is 5.57 Å². The number of hydrogen-bond acceptors (Lipinski definition) is 4. The molecule has 0 aromatic carbocycles. The molecule has 1 atom stereocenters. The number of esters is 2. The minimum absolute atomic E-state index is 0.189. The molecule has 0 aromatic heterocycles. The predicted molar refractivity (Wildman–Crippen MR) is 56.5 cm³/mol. The fourth-order valence-electron chi connectivity index (χ4n) is 1.77. The van der Waals surface area contributed by atoms with Crippen LogP contribution in [0.2, 0.25) is 0 Å². The van der Waals surface area contributed by atoms with E-state index >= 15 is 0 Å². The smallest absolute Gasteiger partial charge is 0.334 e. The van der Waals surface area contributed by atoms with E-state index in [-0.39, 0.29) is 17.9 Å². The van der Waals surface area contributed by atoms with Crippen molar-refractivity contribution in [1.29, 1.82) is 0 Å². The maximum absolute atomic E-state index is 11.6. The number of hydrogen-bond donors (Lipinski definition) is 0. The molecule has 16 heavy (non-hydrogen) atoms. The first-order chi connectivity index (χ1) is 7.66. The van der Waals surface area contributed by atoms with Gasteiger partial charge < -0.3 is 9.47 Å². The highest BCUT2D eigenvalue weighted by Gasteiger charge is 2.29. The summed E-state index contributed by atoms with van der Waals surface area (Å²) in [4.78, 5) is 22.9. The van der Waals surface area contributed by atoms with Crippen molar-refractivity contribution in [1.82, 2.24) is 0 Å². The normalized spacial score (nSPS) is 25.4. The van der Waals surface area contributed by atoms with Crippen LogP contribution in [0.5, 0.6) is 0 Å². The highest BCUT2D eigenvalue weighted by atomic mass is 16.5. The molecule has 0 aromatic rings. The summed E-state index contributed by atoms with van der Waals surface area (Å²) in [6, 6.07) is 0. The third-order valence-electron chi connectivity index (χ3n) is 2.77. The summed E-state index contributed by atoms with van der Waals surface area (Å²) in [6.07, 6.45) is 4.71. The lowest BCUT2D eigenvalue weighted by molar-refractivity contribution is -0.141. The van der Waals surface area contributed by atoms with Crippen LogP contribution in [-0.4, -0.2) is 25.2 Å². The fraction of sp³-hybridized carbons (Fsp3) is 0.500. The standard InChI is InChI=1S/C12H14O4/c1-8-2-3-9(12(14)16-7-8)6-10-4-5-15-11(10)13/h2-3,10H,4-7H2,1H3/t10-/m0/s1. The van der Waals surface area contributed by atoms with Crippen LogP contribution in [0.1, 0.15) is 19.8 Å². The maximum Gasteiger partial charge on any atom is 0.334 e. The molecule has 1 fully saturated rings. The van der Waals surface area contributed by atoms with Crippen molar-refractivity contribution < 1.29 is 19.1 Å². The Hall–Kier alpha value is -1.58. The van der Waals surface area contributed by atoms with Crippen molar-refractivity contribution in [3.8, 4) is 0 Å². The number of ether oxygens (including phenoxy) is 2. The average Bonchev–Trinajstić information content (AvgIpc) is 2.59. The SMILES string of the molecule is CC1=CC=C(C[C@@H]2CCOC2=O)C(=O)OC1. The minimum atomic E-state index is -0.326. The van der Waals surface area contributed by atoms with Crippen LogP contribution in [0.4, 0.5) is 0 Å². The van der Waals surface area contributed by atoms with E-state index in [4.69, 9.17) is 9.47 Å². The summed E-state index contributed by atoms with van der Waals surface area (Å²) in [5, 5.41) is 0. The van der Waals surface area contributed by atoms with Gasteiger partial charge in [-0.15, -0.1) is 0 Å². The highest BCUT2D eigenvalue weighted by molar-refractivity contribution is 5.90. The molecule has 2 aliphatic rings. The fourth-order valence-corrected chi connectivity index (χ4v) is 1.77. The lowest BCUT2D eigenvalue weighted by Crippen LogP contribution is -2.14. The van der Waals surface area contributed by atoms with E-state index in [1.54, 1.807) is 6.08 Å². The lowest BCUT2D eigenvalue weighted by Gasteiger charge is -2.07. The Morgan fingerprint density at radius 2 is 2.12 bits per heavy atom. The van der Waals surface area contributed by atoms with Crippen molar-refractivity contribution in [2.75, 3.05) is 13.2 Å². The molecule has 4 heteroatoms. The molecule has 0 aliphatic carbocycles. The molecule has 2 rings (SSSR count). The second-order valence-electron chi connectivity index (χ2n) is 4.14. The average molecular weight is 222 g/mol. The zero-order chi connectivity index (χ0) is 11.5. The lowest BCUT2D eigenvalue weighted by atomic mass is 9.98. The van der Waals surface area contributed by atoms with Gasteiger partial charge in [0.1, 0.15) is 6.61 Å². The Balaban J connectivity index is 2.07. The van der Waals surface area contributed by atoms with Gasteiger partial charge >= 0.3 is 11.9 Å². The summed E-state index contributed by atoms with van der Waals surface area (Å²) in [6.45, 7) is 2.69. The summed E-state index contributed by atoms with van der Waals surface area (Å²) in [5.74, 6) is -0.725. The van der Waals surface area contributed by atoms with Crippen LogP contribution >= 0.6 is 0 Å². The van der Waals surface area contributed by atoms with E-state index in [1.165, 1.54) is 0 Å². The van der Waals surface area contributed by atoms with Gasteiger partial charge in [-0.2, -0.15) is 0 Å². The molecule has 2 heterocycles. The number of carbonyl (C=O) groups excluding carboxylic acids is 2. The van der Waals surface area contributed by atoms with Crippen molar-refractivity contribution in [3.63, 3.8) is 0 Å². The Kier molecular flexibility index (Phi) is 3.08. The monoisotopic (exact) mass is 222 g/mol. The van der Waals surface area contributed by atoms with Crippen molar-refractivity contribution in [3.05, 3.63) is 23.3 Å². The largest absolute Gasteiger partial charge is 0.465 e. The second-order valence-corrected chi connectivity index (χ2v) is 4.14. The van der Waals surface area contributed by atoms with Crippen LogP contribution in [0.25, 0.3) is 0 Å². The Morgan fingerprint density at radius 1 is 1.31 bits per heavy atom. The van der Waals surface area contributed by atoms with E-state index in [2.05, 4.69) is 0 Å². The van der Waals surface area contributed by atoms with Crippen LogP contribution in [0, 0.1) is 5.92 Å². The van der Waals surface area contributed by atoms with E-state index in [9.17, 15) is 9.59 Å². The van der Waals surface area contributed by atoms with Gasteiger partial charge in [-0.1, -0.05) is 12.2 Å². The van der Waals surface area contributed by atoms with Crippen LogP contribution in [0.15, 0.2) is 23.3 Å². The van der Waals surface area contributed by atoms with Crippen molar-refractivity contribution in [2.45, 2.75) is 19.8 Å². The first kappa shape index (κ1) is 10.9. The summed E-state index contributed by atoms with van der Waals surface area (Å²) < 4.78 is 9.91. The van der Waals surface area contributed by atoms with Gasteiger partial charge in [0.25, 0.3) is 0 Å². The third-order valence-corrected chi connectivity index (χ3v) is 2.77. The molecule has 0 radical (unpaired) electrons. The number of carbonyl (C=O) groups is 2. The second kappa shape index (κ2) is 4.51. The van der Waals surface area contributed by atoms with Gasteiger partial charge in [0.05, 0.1) is 12.5 Å². The van der Waals surface area contributed by atoms with Gasteiger partial charge in [-0.25, -0.2) is 4.79 Å². The predicted octanol–water partition coefficient (Wildman–Crippen LogP) is 1.37. The quantitative estimate of drug-likeness (QED) is 0.662. The zero-order valence-corrected chi connectivity index (χ0v) is 9.19. The molecule has 0 unspecified atom stereocenters. The molecule has 2 aliphatic heterocycles. The third kappa shape index (κ3) is 2.32. The van der Waals surface area contributed by atoms with Crippen molar-refractivity contribution in [2.24, 2.45) is 5.92 Å². The van der Waals surface area contributed by atoms with E-state index in [0.717, 1.165) is 5.57 Å². The topological polar surface area (TPSA) is 52.6 Å². The molecule has 1 saturated heterocycles. The highest BCUT2D eigenvalue weighted by Crippen LogP contribution is 2.24. The zero-order valence-electron chi connectivity index (χ0n) is 9.19. The van der Waals surface area contributed by atoms with Gasteiger partial charge in [-0.05, 0) is 25.3 Å². The molecule has 0 spiro atoms. The van der Waals surface area contributed by atoms with Gasteiger partial charge in [-0.3, -0.25) is 4.79 Å². The minimum Gasteiger partial charge on any atom is -0.465 e. The Labute approximate surface area is 93.9 Å². The van der Waals surface area contributed by atoms with Crippen LogP contribution in [-0.2, 0) is 19.1 Å². The van der Waals surface area contributed by atoms with Crippen LogP contribution < -0.4 is 0 Å². The molecule has 0 saturated carbocycles. The molecular weight excluding hydrogens is 208 g/mol. The first-order valence-electron chi connectivity index (χ1n) is 5.37. The van der Waals surface area contributed by atoms with Crippen LogP contribution in [0.3, 0.4) is 0 Å². The molecule has 0 bridgehead atoms.